The van der Waals surface area contributed by atoms with Crippen molar-refractivity contribution in [3.05, 3.63) is 161 Å². The average Bonchev–Trinajstić information content (AvgIpc) is 3.91. The van der Waals surface area contributed by atoms with Gasteiger partial charge in [-0.1, -0.05) is 82.3 Å². The lowest BCUT2D eigenvalue weighted by Gasteiger charge is -2.46. The number of phosphoric ester groups is 1. The highest BCUT2D eigenvalue weighted by atomic mass is 31.2. The number of nitrogens with one attached hydrogen (secondary N) is 2. The Labute approximate surface area is 405 Å². The molecule has 70 heavy (non-hydrogen) atoms. The zero-order chi connectivity index (χ0) is 50.1. The third kappa shape index (κ3) is 8.62. The number of rotatable bonds is 15. The molecule has 0 unspecified atom stereocenters. The van der Waals surface area contributed by atoms with Crippen LogP contribution in [0, 0.1) is 25.7 Å². The number of hydrogen-bond acceptors (Lipinski definition) is 14. The van der Waals surface area contributed by atoms with Gasteiger partial charge in [0.1, 0.15) is 53.5 Å². The third-order valence-corrected chi connectivity index (χ3v) is 20.9. The summed E-state index contributed by atoms with van der Waals surface area (Å²) < 4.78 is 76.3. The van der Waals surface area contributed by atoms with Gasteiger partial charge < -0.3 is 28.1 Å². The zero-order valence-corrected chi connectivity index (χ0v) is 42.9. The maximum Gasteiger partial charge on any atom is 0.475 e. The molecule has 10 atom stereocenters. The second-order valence-corrected chi connectivity index (χ2v) is 26.6. The lowest BCUT2D eigenvalue weighted by molar-refractivity contribution is -0.231. The Bertz CT molecular complexity index is 2980. The van der Waals surface area contributed by atoms with Crippen molar-refractivity contribution < 1.29 is 46.2 Å². The molecule has 20 heteroatoms. The number of aromatic amines is 2. The van der Waals surface area contributed by atoms with Crippen LogP contribution in [-0.4, -0.2) is 84.9 Å². The van der Waals surface area contributed by atoms with Crippen LogP contribution in [0.1, 0.15) is 74.4 Å². The van der Waals surface area contributed by atoms with Crippen LogP contribution in [0.3, 0.4) is 0 Å². The minimum Gasteiger partial charge on any atom is -0.497 e. The Hall–Kier alpha value is -5.21. The maximum atomic E-state index is 15.2. The van der Waals surface area contributed by atoms with E-state index in [4.69, 9.17) is 41.7 Å². The summed E-state index contributed by atoms with van der Waals surface area (Å²) in [6.07, 6.45) is -2.22. The first-order valence-corrected chi connectivity index (χ1v) is 27.8. The molecule has 1 aliphatic carbocycles. The van der Waals surface area contributed by atoms with E-state index in [0.29, 0.717) is 17.1 Å². The average molecular weight is 1000 g/mol. The van der Waals surface area contributed by atoms with Crippen LogP contribution >= 0.6 is 7.82 Å². The molecule has 0 spiro atoms. The van der Waals surface area contributed by atoms with E-state index in [1.807, 2.05) is 85.8 Å². The normalized spacial score (nSPS) is 28.5. The van der Waals surface area contributed by atoms with E-state index in [0.717, 1.165) is 16.7 Å². The van der Waals surface area contributed by atoms with Crippen LogP contribution in [0.5, 0.6) is 11.5 Å². The second-order valence-electron chi connectivity index (χ2n) is 20.2. The molecule has 2 aromatic heterocycles. The van der Waals surface area contributed by atoms with Crippen molar-refractivity contribution in [1.82, 2.24) is 19.1 Å². The number of benzene rings is 3. The molecule has 0 radical (unpaired) electrons. The van der Waals surface area contributed by atoms with Gasteiger partial charge in [0.25, 0.3) is 11.1 Å². The third-order valence-electron chi connectivity index (χ3n) is 14.9. The molecule has 4 aliphatic rings. The van der Waals surface area contributed by atoms with E-state index < -0.39 is 98.5 Å². The van der Waals surface area contributed by atoms with E-state index in [1.54, 1.807) is 28.1 Å². The predicted octanol–water partition coefficient (Wildman–Crippen LogP) is 6.85. The first-order valence-electron chi connectivity index (χ1n) is 23.4. The highest BCUT2D eigenvalue weighted by molar-refractivity contribution is 7.48. The Morgan fingerprint density at radius 1 is 0.771 bits per heavy atom. The van der Waals surface area contributed by atoms with E-state index in [-0.39, 0.29) is 30.2 Å². The zero-order valence-electron chi connectivity index (χ0n) is 41.0. The van der Waals surface area contributed by atoms with Crippen LogP contribution in [-0.2, 0) is 42.4 Å². The molecule has 0 amide bonds. The van der Waals surface area contributed by atoms with Gasteiger partial charge in [-0.15, -0.1) is 0 Å². The fraction of sp³-hybridized carbons (Fsp3) is 0.480. The van der Waals surface area contributed by atoms with Crippen molar-refractivity contribution in [1.29, 1.82) is 0 Å². The first-order chi connectivity index (χ1) is 33.1. The summed E-state index contributed by atoms with van der Waals surface area (Å²) in [7, 11) is -3.79. The van der Waals surface area contributed by atoms with Crippen LogP contribution in [0.4, 0.5) is 0 Å². The highest BCUT2D eigenvalue weighted by Gasteiger charge is 2.76. The van der Waals surface area contributed by atoms with Crippen molar-refractivity contribution in [2.45, 2.75) is 114 Å². The molecule has 5 aromatic rings. The summed E-state index contributed by atoms with van der Waals surface area (Å²) in [5, 5.41) is -0.198. The van der Waals surface area contributed by atoms with Crippen LogP contribution in [0.2, 0.25) is 18.1 Å². The van der Waals surface area contributed by atoms with Gasteiger partial charge in [-0.2, -0.15) is 0 Å². The van der Waals surface area contributed by atoms with Crippen molar-refractivity contribution in [2.24, 2.45) is 11.8 Å². The monoisotopic (exact) mass is 1000 g/mol. The number of nitrogens with zero attached hydrogens (tertiary/aromatic N) is 2. The summed E-state index contributed by atoms with van der Waals surface area (Å²) in [6, 6.07) is 24.8. The van der Waals surface area contributed by atoms with Crippen LogP contribution in [0.15, 0.2) is 110 Å². The molecule has 3 saturated heterocycles. The quantitative estimate of drug-likeness (QED) is 0.0625. The standard InChI is InChI=1S/C50H61N4O14PSi/c1-29-25-53(46(57)51-43(29)55)39-24-37(68-70(9,10)48(4,5)6)38(64-39)27-63-69(59)66-41-31(3)40-42(67-69)49(41,65-45(40)54-26-30(2)44(56)52-47(54)58)28-62-50(32-14-12-11-13-15-32,33-16-20-35(60-7)21-17-33)34-18-22-36(61-8)23-19-34/h11-23,25-26,31,37-42,45H,24,27-28H2,1-10H3,(H,51,55,57)(H,52,56,58)/t31-,37-,38+,39+,40+,41+,42-,45+,49-,69+/m0/s1. The van der Waals surface area contributed by atoms with Gasteiger partial charge >= 0.3 is 19.2 Å². The Morgan fingerprint density at radius 2 is 1.30 bits per heavy atom. The van der Waals surface area contributed by atoms with E-state index in [2.05, 4.69) is 43.8 Å². The molecule has 2 N–H and O–H groups in total. The Balaban J connectivity index is 1.09. The number of hydrogen-bond donors (Lipinski definition) is 2. The summed E-state index contributed by atoms with van der Waals surface area (Å²) in [4.78, 5) is 56.5. The van der Waals surface area contributed by atoms with Gasteiger partial charge in [-0.05, 0) is 78.9 Å². The van der Waals surface area contributed by atoms with Crippen molar-refractivity contribution >= 4 is 16.1 Å². The molecule has 5 heterocycles. The molecule has 374 valence electrons. The van der Waals surface area contributed by atoms with Crippen molar-refractivity contribution in [3.8, 4) is 11.5 Å². The van der Waals surface area contributed by atoms with Crippen LogP contribution < -0.4 is 32.0 Å². The number of methoxy groups -OCH3 is 2. The van der Waals surface area contributed by atoms with Gasteiger partial charge in [0.05, 0.1) is 33.5 Å². The summed E-state index contributed by atoms with van der Waals surface area (Å²) in [5.41, 5.74) is -2.34. The fourth-order valence-electron chi connectivity index (χ4n) is 10.1. The second kappa shape index (κ2) is 18.4. The largest absolute Gasteiger partial charge is 0.497 e. The minimum atomic E-state index is -4.51. The molecule has 3 aromatic carbocycles. The predicted molar refractivity (Wildman–Crippen MR) is 260 cm³/mol. The molecule has 1 saturated carbocycles. The SMILES string of the molecule is COc1ccc(C(OC[C@]23O[C@@H](n4cc(C)c(=O)[nH]c4=O)[C@@H]4[C@H](C)[C@H]2O[P@@](=O)(OC[C@H]2O[C@@H](n5cc(C)c(=O)[nH]c5=O)C[C@@H]2O[Si](C)(C)C(C)(C)C)O[C@@H]43)(c2ccccc2)c2ccc(OC)cc2)cc1. The molecule has 9 rings (SSSR count). The number of phosphoric acid groups is 1. The number of aryl methyl sites for hydroxylation is 2. The summed E-state index contributed by atoms with van der Waals surface area (Å²) in [5.74, 6) is 0.135. The lowest BCUT2D eigenvalue weighted by atomic mass is 9.79. The van der Waals surface area contributed by atoms with Gasteiger partial charge in [0.15, 0.2) is 8.32 Å². The number of ether oxygens (including phenoxy) is 5. The Morgan fingerprint density at radius 3 is 1.86 bits per heavy atom. The van der Waals surface area contributed by atoms with Gasteiger partial charge in [-0.3, -0.25) is 42.3 Å². The van der Waals surface area contributed by atoms with Gasteiger partial charge in [0.2, 0.25) is 0 Å². The topological polar surface area (TPSA) is 210 Å². The Kier molecular flexibility index (Phi) is 13.1. The number of H-pyrrole nitrogens is 2. The molecule has 4 fully saturated rings. The van der Waals surface area contributed by atoms with Crippen molar-refractivity contribution in [2.75, 3.05) is 27.4 Å². The maximum absolute atomic E-state index is 15.2. The minimum absolute atomic E-state index is 0.198. The molecular formula is C50H61N4O14PSi. The highest BCUT2D eigenvalue weighted by Crippen LogP contribution is 2.70. The van der Waals surface area contributed by atoms with Crippen LogP contribution in [0.25, 0.3) is 0 Å². The molecule has 3 aliphatic heterocycles. The molecule has 18 nitrogen and oxygen atoms in total. The summed E-state index contributed by atoms with van der Waals surface area (Å²) in [6.45, 7) is 15.1. The fourth-order valence-corrected chi connectivity index (χ4v) is 13.2. The molecule has 4 bridgehead atoms. The first kappa shape index (κ1) is 49.8. The lowest BCUT2D eigenvalue weighted by Crippen LogP contribution is -2.57. The van der Waals surface area contributed by atoms with Gasteiger partial charge in [-0.25, -0.2) is 14.2 Å². The van der Waals surface area contributed by atoms with Gasteiger partial charge in [0, 0.05) is 35.9 Å². The smallest absolute Gasteiger partial charge is 0.475 e. The number of aromatic nitrogens is 4. The summed E-state index contributed by atoms with van der Waals surface area (Å²) >= 11 is 0. The van der Waals surface area contributed by atoms with E-state index in [1.165, 1.54) is 21.5 Å². The van der Waals surface area contributed by atoms with E-state index in [9.17, 15) is 19.2 Å². The van der Waals surface area contributed by atoms with E-state index >= 15 is 4.57 Å². The molecular weight excluding hydrogens is 940 g/mol. The van der Waals surface area contributed by atoms with Crippen molar-refractivity contribution in [3.63, 3.8) is 0 Å².